The lowest BCUT2D eigenvalue weighted by molar-refractivity contribution is -0.111. The number of nitrogens with one attached hydrogen (secondary N) is 1. The quantitative estimate of drug-likeness (QED) is 0.585. The molecule has 5 heteroatoms. The number of aryl methyl sites for hydroxylation is 1. The van der Waals surface area contributed by atoms with Crippen LogP contribution >= 0.6 is 11.3 Å². The molecule has 0 saturated heterocycles. The molecule has 1 aliphatic carbocycles. The number of carbonyl (C=O) groups excluding carboxylic acids is 2. The van der Waals surface area contributed by atoms with Crippen molar-refractivity contribution in [2.75, 3.05) is 11.9 Å². The molecular weight excluding hydrogens is 346 g/mol. The summed E-state index contributed by atoms with van der Waals surface area (Å²) in [6.45, 7) is 2.36. The van der Waals surface area contributed by atoms with Crippen LogP contribution in [0.5, 0.6) is 0 Å². The highest BCUT2D eigenvalue weighted by atomic mass is 32.1. The highest BCUT2D eigenvalue weighted by Crippen LogP contribution is 2.38. The first-order valence-electron chi connectivity index (χ1n) is 9.04. The second kappa shape index (κ2) is 8.81. The molecule has 3 rings (SSSR count). The van der Waals surface area contributed by atoms with Crippen molar-refractivity contribution in [3.05, 3.63) is 58.0 Å². The molecule has 0 radical (unpaired) electrons. The van der Waals surface area contributed by atoms with Crippen LogP contribution < -0.4 is 5.32 Å². The minimum atomic E-state index is -0.325. The van der Waals surface area contributed by atoms with Gasteiger partial charge in [0.15, 0.2) is 0 Å². The first-order chi connectivity index (χ1) is 12.7. The Balaban J connectivity index is 1.80. The Bertz CT molecular complexity index is 808. The van der Waals surface area contributed by atoms with Gasteiger partial charge in [0.1, 0.15) is 5.00 Å². The van der Waals surface area contributed by atoms with E-state index in [1.165, 1.54) is 22.3 Å². The van der Waals surface area contributed by atoms with E-state index in [-0.39, 0.29) is 11.9 Å². The number of thiophene rings is 1. The van der Waals surface area contributed by atoms with Crippen LogP contribution in [0, 0.1) is 0 Å². The number of esters is 1. The zero-order chi connectivity index (χ0) is 18.4. The summed E-state index contributed by atoms with van der Waals surface area (Å²) >= 11 is 1.51. The van der Waals surface area contributed by atoms with Gasteiger partial charge in [-0.1, -0.05) is 37.3 Å². The summed E-state index contributed by atoms with van der Waals surface area (Å²) in [7, 11) is 0. The second-order valence-electron chi connectivity index (χ2n) is 6.28. The van der Waals surface area contributed by atoms with Crippen LogP contribution in [-0.2, 0) is 22.4 Å². The minimum Gasteiger partial charge on any atom is -0.462 e. The van der Waals surface area contributed by atoms with E-state index in [0.717, 1.165) is 43.2 Å². The van der Waals surface area contributed by atoms with Gasteiger partial charge in [0.2, 0.25) is 5.91 Å². The lowest BCUT2D eigenvalue weighted by Gasteiger charge is -2.12. The molecule has 1 aromatic carbocycles. The molecule has 0 aliphatic heterocycles. The molecule has 136 valence electrons. The lowest BCUT2D eigenvalue weighted by Crippen LogP contribution is -2.14. The fourth-order valence-corrected chi connectivity index (χ4v) is 4.31. The molecule has 1 N–H and O–H groups in total. The monoisotopic (exact) mass is 369 g/mol. The highest BCUT2D eigenvalue weighted by molar-refractivity contribution is 7.17. The maximum Gasteiger partial charge on any atom is 0.341 e. The lowest BCUT2D eigenvalue weighted by atomic mass is 9.95. The molecule has 26 heavy (non-hydrogen) atoms. The van der Waals surface area contributed by atoms with Crippen LogP contribution in [0.1, 0.15) is 52.5 Å². The minimum absolute atomic E-state index is 0.239. The maximum atomic E-state index is 12.5. The third kappa shape index (κ3) is 4.41. The molecule has 0 saturated carbocycles. The number of amides is 1. The molecule has 1 amide bonds. The summed E-state index contributed by atoms with van der Waals surface area (Å²) in [5.41, 5.74) is 2.57. The molecule has 0 bridgehead atoms. The standard InChI is InChI=1S/C21H23NO3S/c1-2-14-25-21(24)19-16-10-6-7-11-17(16)26-20(19)22-18(23)13-12-15-8-4-3-5-9-15/h3-5,8-9,12-13H,2,6-7,10-11,14H2,1H3,(H,22,23)/b13-12+. The molecule has 1 heterocycles. The normalized spacial score (nSPS) is 13.4. The Morgan fingerprint density at radius 2 is 1.96 bits per heavy atom. The van der Waals surface area contributed by atoms with E-state index >= 15 is 0 Å². The molecule has 0 fully saturated rings. The molecule has 1 aromatic heterocycles. The van der Waals surface area contributed by atoms with Crippen LogP contribution in [0.25, 0.3) is 6.08 Å². The van der Waals surface area contributed by atoms with Gasteiger partial charge in [-0.05, 0) is 49.3 Å². The SMILES string of the molecule is CCCOC(=O)c1c(NC(=O)/C=C/c2ccccc2)sc2c1CCCC2. The Hall–Kier alpha value is -2.40. The summed E-state index contributed by atoms with van der Waals surface area (Å²) < 4.78 is 5.35. The topological polar surface area (TPSA) is 55.4 Å². The Kier molecular flexibility index (Phi) is 6.23. The van der Waals surface area contributed by atoms with Crippen LogP contribution in [-0.4, -0.2) is 18.5 Å². The summed E-state index contributed by atoms with van der Waals surface area (Å²) in [6.07, 6.45) is 8.06. The van der Waals surface area contributed by atoms with Crippen LogP contribution in [0.15, 0.2) is 36.4 Å². The number of hydrogen-bond acceptors (Lipinski definition) is 4. The average molecular weight is 369 g/mol. The van der Waals surface area contributed by atoms with Gasteiger partial charge in [-0.15, -0.1) is 11.3 Å². The maximum absolute atomic E-state index is 12.5. The number of anilines is 1. The van der Waals surface area contributed by atoms with E-state index < -0.39 is 0 Å². The third-order valence-corrected chi connectivity index (χ3v) is 5.48. The van der Waals surface area contributed by atoms with Crippen molar-refractivity contribution in [3.8, 4) is 0 Å². The van der Waals surface area contributed by atoms with E-state index in [4.69, 9.17) is 4.74 Å². The molecule has 0 unspecified atom stereocenters. The summed E-state index contributed by atoms with van der Waals surface area (Å²) in [5, 5.41) is 3.50. The number of carbonyl (C=O) groups is 2. The number of ether oxygens (including phenoxy) is 1. The van der Waals surface area contributed by atoms with Gasteiger partial charge < -0.3 is 10.1 Å². The Labute approximate surface area is 157 Å². The number of hydrogen-bond donors (Lipinski definition) is 1. The summed E-state index contributed by atoms with van der Waals surface area (Å²) in [6, 6.07) is 9.64. The first kappa shape index (κ1) is 18.4. The van der Waals surface area contributed by atoms with Crippen molar-refractivity contribution in [1.82, 2.24) is 0 Å². The zero-order valence-electron chi connectivity index (χ0n) is 14.9. The number of benzene rings is 1. The van der Waals surface area contributed by atoms with E-state index in [1.807, 2.05) is 37.3 Å². The Morgan fingerprint density at radius 3 is 2.73 bits per heavy atom. The van der Waals surface area contributed by atoms with Gasteiger partial charge in [0.25, 0.3) is 0 Å². The van der Waals surface area contributed by atoms with Gasteiger partial charge in [-0.25, -0.2) is 4.79 Å². The van der Waals surface area contributed by atoms with Crippen LogP contribution in [0.4, 0.5) is 5.00 Å². The Morgan fingerprint density at radius 1 is 1.19 bits per heavy atom. The average Bonchev–Trinajstić information content (AvgIpc) is 3.03. The van der Waals surface area contributed by atoms with Crippen molar-refractivity contribution in [2.45, 2.75) is 39.0 Å². The van der Waals surface area contributed by atoms with Gasteiger partial charge >= 0.3 is 5.97 Å². The molecule has 0 atom stereocenters. The predicted octanol–water partition coefficient (Wildman–Crippen LogP) is 4.85. The molecule has 0 spiro atoms. The van der Waals surface area contributed by atoms with Gasteiger partial charge in [0.05, 0.1) is 12.2 Å². The third-order valence-electron chi connectivity index (χ3n) is 4.28. The van der Waals surface area contributed by atoms with E-state index in [1.54, 1.807) is 6.08 Å². The molecule has 1 aliphatic rings. The van der Waals surface area contributed by atoms with E-state index in [0.29, 0.717) is 17.2 Å². The highest BCUT2D eigenvalue weighted by Gasteiger charge is 2.26. The molecule has 2 aromatic rings. The van der Waals surface area contributed by atoms with E-state index in [9.17, 15) is 9.59 Å². The van der Waals surface area contributed by atoms with Crippen molar-refractivity contribution in [2.24, 2.45) is 0 Å². The summed E-state index contributed by atoms with van der Waals surface area (Å²) in [5.74, 6) is -0.564. The van der Waals surface area contributed by atoms with Crippen molar-refractivity contribution in [1.29, 1.82) is 0 Å². The fraction of sp³-hybridized carbons (Fsp3) is 0.333. The first-order valence-corrected chi connectivity index (χ1v) is 9.86. The molecule has 4 nitrogen and oxygen atoms in total. The predicted molar refractivity (Wildman–Crippen MR) is 106 cm³/mol. The van der Waals surface area contributed by atoms with Crippen molar-refractivity contribution >= 4 is 34.3 Å². The van der Waals surface area contributed by atoms with Gasteiger partial charge in [-0.2, -0.15) is 0 Å². The van der Waals surface area contributed by atoms with Crippen LogP contribution in [0.3, 0.4) is 0 Å². The smallest absolute Gasteiger partial charge is 0.341 e. The van der Waals surface area contributed by atoms with Crippen molar-refractivity contribution < 1.29 is 14.3 Å². The fourth-order valence-electron chi connectivity index (χ4n) is 3.03. The van der Waals surface area contributed by atoms with Crippen molar-refractivity contribution in [3.63, 3.8) is 0 Å². The van der Waals surface area contributed by atoms with Crippen LogP contribution in [0.2, 0.25) is 0 Å². The second-order valence-corrected chi connectivity index (χ2v) is 7.39. The largest absolute Gasteiger partial charge is 0.462 e. The van der Waals surface area contributed by atoms with Gasteiger partial charge in [0, 0.05) is 11.0 Å². The van der Waals surface area contributed by atoms with E-state index in [2.05, 4.69) is 5.32 Å². The summed E-state index contributed by atoms with van der Waals surface area (Å²) in [4.78, 5) is 26.1. The number of rotatable bonds is 6. The molecular formula is C21H23NO3S. The van der Waals surface area contributed by atoms with Gasteiger partial charge in [-0.3, -0.25) is 4.79 Å². The number of fused-ring (bicyclic) bond motifs is 1. The zero-order valence-corrected chi connectivity index (χ0v) is 15.7.